The van der Waals surface area contributed by atoms with Crippen molar-refractivity contribution < 1.29 is 9.84 Å². The van der Waals surface area contributed by atoms with Gasteiger partial charge in [-0.25, -0.2) is 0 Å². The van der Waals surface area contributed by atoms with Gasteiger partial charge in [0.2, 0.25) is 0 Å². The van der Waals surface area contributed by atoms with E-state index in [1.165, 1.54) is 0 Å². The minimum absolute atomic E-state index is 0.356. The number of aryl methyl sites for hydroxylation is 1. The first kappa shape index (κ1) is 11.9. The Bertz CT molecular complexity index is 304. The average Bonchev–Trinajstić information content (AvgIpc) is 2.18. The van der Waals surface area contributed by atoms with Crippen LogP contribution >= 0.6 is 0 Å². The van der Waals surface area contributed by atoms with Gasteiger partial charge >= 0.3 is 0 Å². The first-order valence-electron chi connectivity index (χ1n) is 4.94. The van der Waals surface area contributed by atoms with E-state index in [0.717, 1.165) is 11.3 Å². The average molecular weight is 210 g/mol. The van der Waals surface area contributed by atoms with E-state index in [0.29, 0.717) is 13.2 Å². The number of aliphatic hydroxyl groups excluding tert-OH is 1. The number of aliphatic hydroxyl groups is 1. The largest absolute Gasteiger partial charge is 0.389 e. The van der Waals surface area contributed by atoms with Gasteiger partial charge in [0.1, 0.15) is 0 Å². The lowest BCUT2D eigenvalue weighted by molar-refractivity contribution is 0.0695. The van der Waals surface area contributed by atoms with Crippen LogP contribution in [0.4, 0.5) is 5.69 Å². The Hall–Kier alpha value is -1.13. The van der Waals surface area contributed by atoms with Gasteiger partial charge < -0.3 is 14.7 Å². The topological polar surface area (TPSA) is 45.6 Å². The molecular weight excluding hydrogens is 192 g/mol. The van der Waals surface area contributed by atoms with Crippen LogP contribution in [0.2, 0.25) is 0 Å². The van der Waals surface area contributed by atoms with Crippen molar-refractivity contribution >= 4 is 5.69 Å². The second-order valence-corrected chi connectivity index (χ2v) is 3.65. The van der Waals surface area contributed by atoms with Crippen LogP contribution in [-0.2, 0) is 4.74 Å². The molecule has 0 radical (unpaired) electrons. The summed E-state index contributed by atoms with van der Waals surface area (Å²) in [5.41, 5.74) is 2.18. The third-order valence-electron chi connectivity index (χ3n) is 2.25. The first-order chi connectivity index (χ1) is 7.15. The third-order valence-corrected chi connectivity index (χ3v) is 2.25. The van der Waals surface area contributed by atoms with Crippen molar-refractivity contribution in [1.82, 2.24) is 4.98 Å². The van der Waals surface area contributed by atoms with E-state index in [4.69, 9.17) is 4.74 Å². The number of anilines is 1. The molecule has 1 atom stereocenters. The Balaban J connectivity index is 2.61. The molecule has 0 aliphatic heterocycles. The van der Waals surface area contributed by atoms with Gasteiger partial charge in [0, 0.05) is 38.8 Å². The normalized spacial score (nSPS) is 12.5. The number of aromatic nitrogens is 1. The van der Waals surface area contributed by atoms with E-state index in [1.54, 1.807) is 13.3 Å². The number of hydrogen-bond acceptors (Lipinski definition) is 4. The van der Waals surface area contributed by atoms with Crippen molar-refractivity contribution in [3.05, 3.63) is 24.0 Å². The molecule has 0 amide bonds. The molecule has 0 spiro atoms. The van der Waals surface area contributed by atoms with Crippen LogP contribution in [0.25, 0.3) is 0 Å². The molecule has 1 rings (SSSR count). The highest BCUT2D eigenvalue weighted by molar-refractivity contribution is 5.50. The lowest BCUT2D eigenvalue weighted by Crippen LogP contribution is -2.32. The monoisotopic (exact) mass is 210 g/mol. The molecule has 0 saturated heterocycles. The van der Waals surface area contributed by atoms with Crippen molar-refractivity contribution in [3.8, 4) is 0 Å². The Morgan fingerprint density at radius 2 is 2.33 bits per heavy atom. The van der Waals surface area contributed by atoms with Crippen LogP contribution in [0.15, 0.2) is 18.5 Å². The molecule has 15 heavy (non-hydrogen) atoms. The van der Waals surface area contributed by atoms with Crippen molar-refractivity contribution in [1.29, 1.82) is 0 Å². The number of methoxy groups -OCH3 is 1. The zero-order valence-electron chi connectivity index (χ0n) is 9.47. The zero-order chi connectivity index (χ0) is 11.3. The van der Waals surface area contributed by atoms with Crippen LogP contribution in [0.3, 0.4) is 0 Å². The van der Waals surface area contributed by atoms with Gasteiger partial charge in [-0.3, -0.25) is 4.98 Å². The summed E-state index contributed by atoms with van der Waals surface area (Å²) in [4.78, 5) is 6.03. The number of nitrogens with zero attached hydrogens (tertiary/aromatic N) is 2. The van der Waals surface area contributed by atoms with Crippen molar-refractivity contribution in [2.45, 2.75) is 13.0 Å². The molecule has 1 N–H and O–H groups in total. The van der Waals surface area contributed by atoms with Crippen LogP contribution in [-0.4, -0.2) is 43.5 Å². The van der Waals surface area contributed by atoms with Crippen molar-refractivity contribution in [3.63, 3.8) is 0 Å². The molecule has 0 fully saturated rings. The molecule has 0 aromatic carbocycles. The Kier molecular flexibility index (Phi) is 4.52. The van der Waals surface area contributed by atoms with Crippen LogP contribution in [0.1, 0.15) is 5.56 Å². The van der Waals surface area contributed by atoms with E-state index >= 15 is 0 Å². The molecule has 4 nitrogen and oxygen atoms in total. The Morgan fingerprint density at radius 3 is 2.93 bits per heavy atom. The fourth-order valence-corrected chi connectivity index (χ4v) is 1.55. The maximum Gasteiger partial charge on any atom is 0.0947 e. The highest BCUT2D eigenvalue weighted by Crippen LogP contribution is 2.16. The summed E-state index contributed by atoms with van der Waals surface area (Å²) >= 11 is 0. The minimum Gasteiger partial charge on any atom is -0.389 e. The number of hydrogen-bond donors (Lipinski definition) is 1. The molecular formula is C11H18N2O2. The van der Waals surface area contributed by atoms with Gasteiger partial charge in [-0.1, -0.05) is 0 Å². The third kappa shape index (κ3) is 3.49. The second kappa shape index (κ2) is 5.68. The molecule has 1 unspecified atom stereocenters. The van der Waals surface area contributed by atoms with E-state index in [-0.39, 0.29) is 0 Å². The van der Waals surface area contributed by atoms with Gasteiger partial charge in [0.05, 0.1) is 12.7 Å². The van der Waals surface area contributed by atoms with Gasteiger partial charge in [0.25, 0.3) is 0 Å². The lowest BCUT2D eigenvalue weighted by Gasteiger charge is -2.23. The maximum absolute atomic E-state index is 9.59. The molecule has 0 aliphatic carbocycles. The lowest BCUT2D eigenvalue weighted by atomic mass is 10.2. The van der Waals surface area contributed by atoms with E-state index < -0.39 is 6.10 Å². The maximum atomic E-state index is 9.59. The van der Waals surface area contributed by atoms with Crippen molar-refractivity contribution in [2.24, 2.45) is 0 Å². The molecule has 0 aliphatic rings. The number of pyridine rings is 1. The molecule has 1 aromatic heterocycles. The Labute approximate surface area is 90.5 Å². The quantitative estimate of drug-likeness (QED) is 0.782. The standard InChI is InChI=1S/C11H18N2O2/c1-9-6-12-5-4-11(9)13(2)7-10(14)8-15-3/h4-6,10,14H,7-8H2,1-3H3. The summed E-state index contributed by atoms with van der Waals surface area (Å²) in [6, 6.07) is 1.94. The Morgan fingerprint density at radius 1 is 1.60 bits per heavy atom. The fourth-order valence-electron chi connectivity index (χ4n) is 1.55. The number of rotatable bonds is 5. The highest BCUT2D eigenvalue weighted by atomic mass is 16.5. The minimum atomic E-state index is -0.465. The van der Waals surface area contributed by atoms with Gasteiger partial charge in [-0.2, -0.15) is 0 Å². The van der Waals surface area contributed by atoms with E-state index in [2.05, 4.69) is 4.98 Å². The summed E-state index contributed by atoms with van der Waals surface area (Å²) in [5, 5.41) is 9.59. The smallest absolute Gasteiger partial charge is 0.0947 e. The molecule has 0 bridgehead atoms. The molecule has 1 heterocycles. The first-order valence-corrected chi connectivity index (χ1v) is 4.94. The van der Waals surface area contributed by atoms with Gasteiger partial charge in [-0.15, -0.1) is 0 Å². The zero-order valence-corrected chi connectivity index (χ0v) is 9.47. The van der Waals surface area contributed by atoms with Crippen LogP contribution < -0.4 is 4.90 Å². The van der Waals surface area contributed by atoms with Gasteiger partial charge in [0.15, 0.2) is 0 Å². The summed E-state index contributed by atoms with van der Waals surface area (Å²) in [6.07, 6.45) is 3.10. The van der Waals surface area contributed by atoms with Crippen LogP contribution in [0, 0.1) is 6.92 Å². The second-order valence-electron chi connectivity index (χ2n) is 3.65. The SMILES string of the molecule is COCC(O)CN(C)c1ccncc1C. The van der Waals surface area contributed by atoms with Gasteiger partial charge in [-0.05, 0) is 18.6 Å². The molecule has 4 heteroatoms. The number of likely N-dealkylation sites (N-methyl/N-ethyl adjacent to an activating group) is 1. The van der Waals surface area contributed by atoms with Crippen LogP contribution in [0.5, 0.6) is 0 Å². The van der Waals surface area contributed by atoms with E-state index in [1.807, 2.05) is 31.1 Å². The summed E-state index contributed by atoms with van der Waals surface area (Å²) in [5.74, 6) is 0. The van der Waals surface area contributed by atoms with Crippen molar-refractivity contribution in [2.75, 3.05) is 32.2 Å². The molecule has 0 saturated carbocycles. The highest BCUT2D eigenvalue weighted by Gasteiger charge is 2.09. The predicted octanol–water partition coefficient (Wildman–Crippen LogP) is 0.834. The predicted molar refractivity (Wildman–Crippen MR) is 60.1 cm³/mol. The summed E-state index contributed by atoms with van der Waals surface area (Å²) in [7, 11) is 3.53. The van der Waals surface area contributed by atoms with E-state index in [9.17, 15) is 5.11 Å². The summed E-state index contributed by atoms with van der Waals surface area (Å²) < 4.78 is 4.88. The molecule has 84 valence electrons. The summed E-state index contributed by atoms with van der Waals surface area (Å²) in [6.45, 7) is 2.91. The fraction of sp³-hybridized carbons (Fsp3) is 0.545. The number of ether oxygens (including phenoxy) is 1. The molecule has 1 aromatic rings.